The van der Waals surface area contributed by atoms with Crippen LogP contribution in [0.15, 0.2) is 54.6 Å². The van der Waals surface area contributed by atoms with Crippen molar-refractivity contribution in [2.24, 2.45) is 11.3 Å². The largest absolute Gasteiger partial charge is 0.496 e. The Kier molecular flexibility index (Phi) is 11.4. The number of ether oxygens (including phenoxy) is 3. The van der Waals surface area contributed by atoms with E-state index in [1.165, 1.54) is 20.3 Å². The van der Waals surface area contributed by atoms with Gasteiger partial charge in [-0.15, -0.1) is 0 Å². The van der Waals surface area contributed by atoms with Gasteiger partial charge in [0.1, 0.15) is 29.0 Å². The van der Waals surface area contributed by atoms with Gasteiger partial charge in [0.2, 0.25) is 11.8 Å². The number of rotatable bonds is 13. The summed E-state index contributed by atoms with van der Waals surface area (Å²) in [5.41, 5.74) is 2.78. The highest BCUT2D eigenvalue weighted by atomic mass is 35.5. The number of carbonyl (C=O) groups is 2. The maximum absolute atomic E-state index is 15.7. The van der Waals surface area contributed by atoms with Gasteiger partial charge in [-0.1, -0.05) is 48.0 Å². The van der Waals surface area contributed by atoms with Gasteiger partial charge in [-0.3, -0.25) is 14.5 Å². The van der Waals surface area contributed by atoms with Crippen molar-refractivity contribution in [1.82, 2.24) is 15.2 Å². The van der Waals surface area contributed by atoms with Crippen molar-refractivity contribution in [2.45, 2.75) is 89.2 Å². The third-order valence-electron chi connectivity index (χ3n) is 12.8. The van der Waals surface area contributed by atoms with Crippen LogP contribution in [-0.2, 0) is 35.3 Å². The van der Waals surface area contributed by atoms with E-state index in [9.17, 15) is 27.9 Å². The summed E-state index contributed by atoms with van der Waals surface area (Å²) in [6.07, 6.45) is -0.279. The number of fused-ring (bicyclic) bond motifs is 4. The quantitative estimate of drug-likeness (QED) is 0.127. The number of Topliss-reactive ketones (excluding diaryl/α,β-unsaturated/α-hetero) is 1. The number of nitrogens with one attached hydrogen (secondary N) is 1. The number of carboxylic acid groups (broad SMARTS) is 1. The number of methoxy groups -OCH3 is 2. The summed E-state index contributed by atoms with van der Waals surface area (Å²) in [5.74, 6) is -1.07. The van der Waals surface area contributed by atoms with E-state index in [-0.39, 0.29) is 48.8 Å². The van der Waals surface area contributed by atoms with Gasteiger partial charge in [0.05, 0.1) is 24.7 Å². The summed E-state index contributed by atoms with van der Waals surface area (Å²) in [6, 6.07) is 15.3. The molecule has 4 fully saturated rings. The fourth-order valence-electron chi connectivity index (χ4n) is 9.66. The fraction of sp³-hybridized carbons (Fsp3) is 0.444. The predicted molar refractivity (Wildman–Crippen MR) is 213 cm³/mol. The van der Waals surface area contributed by atoms with E-state index in [2.05, 4.69) is 10.3 Å². The third kappa shape index (κ3) is 8.01. The highest BCUT2D eigenvalue weighted by Crippen LogP contribution is 2.48. The number of piperidine rings is 2. The third-order valence-corrected chi connectivity index (χ3v) is 13.2. The zero-order chi connectivity index (χ0) is 41.6. The molecule has 312 valence electrons. The standard InChI is InChI=1S/C45H46ClF4N3O6/c1-57-39-20-26(19-37(47)35(39)22-51-21-25-9-10-29(54)17-25)30-5-3-8-34(40(30)46)31-6-4-7-33-32(31)11-12-38(33)59-42-36(45(48,49)50)18-27(41(52-42)58-2)23-53-24-44(43(55)56)15-13-28(53)14-16-44/h3-8,18-20,25,28,38,51H,9-17,21-24H2,1-2H3,(H,55,56)/t25-,28?,38+,44?/m1/s1. The van der Waals surface area contributed by atoms with Crippen LogP contribution in [-0.4, -0.2) is 60.1 Å². The Morgan fingerprint density at radius 1 is 0.983 bits per heavy atom. The van der Waals surface area contributed by atoms with Crippen molar-refractivity contribution in [1.29, 1.82) is 0 Å². The Morgan fingerprint density at radius 2 is 1.73 bits per heavy atom. The van der Waals surface area contributed by atoms with E-state index < -0.39 is 40.9 Å². The molecule has 0 unspecified atom stereocenters. The lowest BCUT2D eigenvalue weighted by atomic mass is 9.67. The van der Waals surface area contributed by atoms with E-state index in [0.29, 0.717) is 96.5 Å². The molecule has 59 heavy (non-hydrogen) atoms. The molecule has 2 saturated carbocycles. The number of aromatic nitrogens is 1. The molecule has 0 spiro atoms. The Morgan fingerprint density at radius 3 is 2.42 bits per heavy atom. The molecule has 3 aliphatic carbocycles. The predicted octanol–water partition coefficient (Wildman–Crippen LogP) is 9.60. The van der Waals surface area contributed by atoms with Crippen molar-refractivity contribution >= 4 is 23.4 Å². The first-order valence-electron chi connectivity index (χ1n) is 20.1. The first kappa shape index (κ1) is 41.0. The van der Waals surface area contributed by atoms with Crippen molar-refractivity contribution in [3.05, 3.63) is 93.3 Å². The van der Waals surface area contributed by atoms with Crippen LogP contribution in [0.3, 0.4) is 0 Å². The number of carbonyl (C=O) groups excluding carboxylic acids is 1. The molecule has 2 aliphatic heterocycles. The van der Waals surface area contributed by atoms with E-state index in [0.717, 1.165) is 23.6 Å². The first-order chi connectivity index (χ1) is 28.3. The van der Waals surface area contributed by atoms with E-state index in [4.69, 9.17) is 25.8 Å². The van der Waals surface area contributed by atoms with Gasteiger partial charge in [0.15, 0.2) is 0 Å². The smallest absolute Gasteiger partial charge is 0.421 e. The lowest BCUT2D eigenvalue weighted by molar-refractivity contribution is -0.160. The maximum Gasteiger partial charge on any atom is 0.421 e. The summed E-state index contributed by atoms with van der Waals surface area (Å²) in [4.78, 5) is 30.1. The molecular weight excluding hydrogens is 790 g/mol. The number of ketones is 1. The Labute approximate surface area is 345 Å². The molecule has 14 heteroatoms. The molecule has 5 aliphatic rings. The summed E-state index contributed by atoms with van der Waals surface area (Å²) in [7, 11) is 2.83. The molecule has 1 aromatic heterocycles. The Hall–Kier alpha value is -4.72. The van der Waals surface area contributed by atoms with Crippen molar-refractivity contribution in [2.75, 3.05) is 27.3 Å². The van der Waals surface area contributed by atoms with Crippen molar-refractivity contribution < 1.29 is 46.5 Å². The maximum atomic E-state index is 15.7. The average molecular weight is 836 g/mol. The van der Waals surface area contributed by atoms with Crippen LogP contribution in [0.5, 0.6) is 17.5 Å². The molecule has 2 N–H and O–H groups in total. The zero-order valence-electron chi connectivity index (χ0n) is 32.9. The number of hydrogen-bond acceptors (Lipinski definition) is 8. The summed E-state index contributed by atoms with van der Waals surface area (Å²) < 4.78 is 77.2. The van der Waals surface area contributed by atoms with E-state index >= 15 is 4.39 Å². The van der Waals surface area contributed by atoms with Gasteiger partial charge in [-0.2, -0.15) is 18.2 Å². The second-order valence-electron chi connectivity index (χ2n) is 16.3. The van der Waals surface area contributed by atoms with Crippen LogP contribution < -0.4 is 19.5 Å². The van der Waals surface area contributed by atoms with Gasteiger partial charge in [-0.25, -0.2) is 4.39 Å². The number of aliphatic carboxylic acids is 1. The topological polar surface area (TPSA) is 110 Å². The number of hydrogen-bond donors (Lipinski definition) is 2. The molecule has 9 rings (SSSR count). The summed E-state index contributed by atoms with van der Waals surface area (Å²) in [6.45, 7) is 1.16. The second-order valence-corrected chi connectivity index (χ2v) is 16.7. The Balaban J connectivity index is 1.05. The molecule has 4 aromatic rings. The molecule has 2 atom stereocenters. The molecular formula is C45H46ClF4N3O6. The Bertz CT molecular complexity index is 2280. The zero-order valence-corrected chi connectivity index (χ0v) is 33.6. The van der Waals surface area contributed by atoms with Crippen LogP contribution >= 0.6 is 11.6 Å². The van der Waals surface area contributed by atoms with Crippen LogP contribution in [0.4, 0.5) is 17.6 Å². The first-order valence-corrected chi connectivity index (χ1v) is 20.5. The lowest BCUT2D eigenvalue weighted by Gasteiger charge is -2.50. The molecule has 2 saturated heterocycles. The molecule has 9 nitrogen and oxygen atoms in total. The summed E-state index contributed by atoms with van der Waals surface area (Å²) in [5, 5.41) is 13.6. The molecule has 3 aromatic carbocycles. The number of alkyl halides is 3. The van der Waals surface area contributed by atoms with E-state index in [1.54, 1.807) is 12.1 Å². The number of carboxylic acids is 1. The molecule has 0 amide bonds. The highest BCUT2D eigenvalue weighted by molar-refractivity contribution is 6.36. The number of halogens is 5. The number of pyridine rings is 1. The van der Waals surface area contributed by atoms with Gasteiger partial charge in [0.25, 0.3) is 0 Å². The molecule has 0 radical (unpaired) electrons. The average Bonchev–Trinajstić information content (AvgIpc) is 3.84. The second kappa shape index (κ2) is 16.4. The van der Waals surface area contributed by atoms with Crippen LogP contribution in [0.1, 0.15) is 85.3 Å². The molecule has 3 heterocycles. The monoisotopic (exact) mass is 835 g/mol. The van der Waals surface area contributed by atoms with Crippen LogP contribution in [0, 0.1) is 17.2 Å². The van der Waals surface area contributed by atoms with E-state index in [1.807, 2.05) is 35.2 Å². The normalized spacial score (nSPS) is 22.8. The van der Waals surface area contributed by atoms with Crippen LogP contribution in [0.25, 0.3) is 22.3 Å². The highest BCUT2D eigenvalue weighted by Gasteiger charge is 2.50. The minimum absolute atomic E-state index is 0.00600. The minimum atomic E-state index is -4.79. The summed E-state index contributed by atoms with van der Waals surface area (Å²) >= 11 is 7.12. The van der Waals surface area contributed by atoms with Crippen molar-refractivity contribution in [3.63, 3.8) is 0 Å². The fourth-order valence-corrected chi connectivity index (χ4v) is 10.00. The van der Waals surface area contributed by atoms with Crippen molar-refractivity contribution in [3.8, 4) is 39.8 Å². The van der Waals surface area contributed by atoms with Gasteiger partial charge in [-0.05, 0) is 97.9 Å². The molecule has 2 bridgehead atoms. The number of nitrogens with zero attached hydrogens (tertiary/aromatic N) is 2. The van der Waals surface area contributed by atoms with Gasteiger partial charge < -0.3 is 24.6 Å². The number of benzene rings is 3. The SMILES string of the molecule is COc1cc(-c2cccc(-c3cccc4c3CC[C@@H]4Oc3nc(OC)c(CN4CC5(C(=O)O)CCC4CC5)cc3C(F)(F)F)c2Cl)cc(F)c1CNC[C@@H]1CCC(=O)C1. The van der Waals surface area contributed by atoms with Gasteiger partial charge in [0, 0.05) is 60.8 Å². The van der Waals surface area contributed by atoms with Crippen LogP contribution in [0.2, 0.25) is 5.02 Å². The van der Waals surface area contributed by atoms with Gasteiger partial charge >= 0.3 is 12.1 Å². The minimum Gasteiger partial charge on any atom is -0.496 e. The lowest BCUT2D eigenvalue weighted by Crippen LogP contribution is -2.56.